The van der Waals surface area contributed by atoms with Gasteiger partial charge in [0.25, 0.3) is 0 Å². The molecule has 1 atom stereocenters. The Labute approximate surface area is 84.0 Å². The van der Waals surface area contributed by atoms with E-state index in [0.29, 0.717) is 6.54 Å². The average Bonchev–Trinajstić information content (AvgIpc) is 2.18. The fourth-order valence-electron chi connectivity index (χ4n) is 1.46. The molecule has 0 aromatic heterocycles. The van der Waals surface area contributed by atoms with E-state index >= 15 is 0 Å². The second kappa shape index (κ2) is 5.45. The summed E-state index contributed by atoms with van der Waals surface area (Å²) in [5, 5.41) is 0. The first-order valence-electron chi connectivity index (χ1n) is 4.65. The van der Waals surface area contributed by atoms with Crippen LogP contribution in [-0.2, 0) is 9.53 Å². The molecular weight excluding hydrogens is 190 g/mol. The Kier molecular flexibility index (Phi) is 4.53. The minimum Gasteiger partial charge on any atom is -0.376 e. The Balaban J connectivity index is 2.25. The molecule has 0 N–H and O–H groups in total. The third-order valence-electron chi connectivity index (χ3n) is 2.29. The summed E-state index contributed by atoms with van der Waals surface area (Å²) >= 11 is 5.43. The molecule has 0 aromatic rings. The van der Waals surface area contributed by atoms with Crippen molar-refractivity contribution >= 4 is 17.5 Å². The fraction of sp³-hybridized carbons (Fsp3) is 0.889. The highest BCUT2D eigenvalue weighted by Gasteiger charge is 2.17. The molecule has 1 aliphatic heterocycles. The first kappa shape index (κ1) is 10.8. The number of rotatable bonds is 3. The van der Waals surface area contributed by atoms with Crippen LogP contribution in [0.15, 0.2) is 0 Å². The van der Waals surface area contributed by atoms with Crippen molar-refractivity contribution in [1.82, 2.24) is 4.90 Å². The first-order chi connectivity index (χ1) is 6.24. The molecule has 13 heavy (non-hydrogen) atoms. The van der Waals surface area contributed by atoms with Gasteiger partial charge in [-0.2, -0.15) is 0 Å². The molecule has 1 aliphatic rings. The van der Waals surface area contributed by atoms with Crippen molar-refractivity contribution < 1.29 is 9.53 Å². The molecule has 0 saturated carbocycles. The molecule has 76 valence electrons. The molecule has 1 unspecified atom stereocenters. The van der Waals surface area contributed by atoms with E-state index in [2.05, 4.69) is 0 Å². The van der Waals surface area contributed by atoms with Crippen molar-refractivity contribution in [2.75, 3.05) is 26.1 Å². The van der Waals surface area contributed by atoms with Crippen molar-refractivity contribution in [3.8, 4) is 0 Å². The van der Waals surface area contributed by atoms with Gasteiger partial charge in [0.15, 0.2) is 0 Å². The summed E-state index contributed by atoms with van der Waals surface area (Å²) in [6, 6.07) is 0. The molecule has 0 spiro atoms. The number of carbonyl (C=O) groups is 1. The number of ether oxygens (including phenoxy) is 1. The van der Waals surface area contributed by atoms with Crippen LogP contribution >= 0.6 is 11.6 Å². The van der Waals surface area contributed by atoms with E-state index in [9.17, 15) is 4.79 Å². The zero-order valence-corrected chi connectivity index (χ0v) is 8.72. The van der Waals surface area contributed by atoms with Crippen LogP contribution in [0.3, 0.4) is 0 Å². The predicted molar refractivity (Wildman–Crippen MR) is 51.9 cm³/mol. The molecule has 4 heteroatoms. The second-order valence-corrected chi connectivity index (χ2v) is 3.66. The van der Waals surface area contributed by atoms with E-state index in [1.165, 1.54) is 6.42 Å². The largest absolute Gasteiger partial charge is 0.376 e. The second-order valence-electron chi connectivity index (χ2n) is 3.40. The van der Waals surface area contributed by atoms with Crippen LogP contribution in [-0.4, -0.2) is 43.0 Å². The van der Waals surface area contributed by atoms with E-state index in [1.54, 1.807) is 11.9 Å². The smallest absolute Gasteiger partial charge is 0.237 e. The third kappa shape index (κ3) is 3.53. The van der Waals surface area contributed by atoms with Crippen LogP contribution in [0.1, 0.15) is 19.3 Å². The van der Waals surface area contributed by atoms with Gasteiger partial charge < -0.3 is 9.64 Å². The van der Waals surface area contributed by atoms with Crippen molar-refractivity contribution in [3.05, 3.63) is 0 Å². The van der Waals surface area contributed by atoms with E-state index < -0.39 is 0 Å². The minimum absolute atomic E-state index is 0.0316. The summed E-state index contributed by atoms with van der Waals surface area (Å²) in [5.74, 6) is 0.0271. The van der Waals surface area contributed by atoms with Gasteiger partial charge in [0.2, 0.25) is 5.91 Å². The molecule has 1 heterocycles. The SMILES string of the molecule is CN(CC1CCCCO1)C(=O)CCl. The lowest BCUT2D eigenvalue weighted by Crippen LogP contribution is -2.37. The summed E-state index contributed by atoms with van der Waals surface area (Å²) in [6.45, 7) is 1.50. The van der Waals surface area contributed by atoms with Crippen molar-refractivity contribution in [2.45, 2.75) is 25.4 Å². The molecule has 1 amide bonds. The van der Waals surface area contributed by atoms with Gasteiger partial charge in [-0.1, -0.05) is 0 Å². The number of halogens is 1. The highest BCUT2D eigenvalue weighted by atomic mass is 35.5. The Morgan fingerprint density at radius 3 is 2.92 bits per heavy atom. The van der Waals surface area contributed by atoms with Crippen molar-refractivity contribution in [2.24, 2.45) is 0 Å². The zero-order valence-electron chi connectivity index (χ0n) is 7.96. The maximum absolute atomic E-state index is 11.1. The van der Waals surface area contributed by atoms with Crippen molar-refractivity contribution in [1.29, 1.82) is 0 Å². The number of nitrogens with zero attached hydrogens (tertiary/aromatic N) is 1. The Bertz CT molecular complexity index is 169. The summed E-state index contributed by atoms with van der Waals surface area (Å²) in [6.07, 6.45) is 3.61. The lowest BCUT2D eigenvalue weighted by molar-refractivity contribution is -0.129. The van der Waals surface area contributed by atoms with Crippen molar-refractivity contribution in [3.63, 3.8) is 0 Å². The summed E-state index contributed by atoms with van der Waals surface area (Å²) in [4.78, 5) is 12.8. The van der Waals surface area contributed by atoms with Gasteiger partial charge in [0, 0.05) is 20.2 Å². The normalized spacial score (nSPS) is 22.8. The van der Waals surface area contributed by atoms with Crippen LogP contribution in [0.2, 0.25) is 0 Å². The van der Waals surface area contributed by atoms with E-state index in [-0.39, 0.29) is 17.9 Å². The Morgan fingerprint density at radius 2 is 2.38 bits per heavy atom. The molecule has 1 fully saturated rings. The number of likely N-dealkylation sites (N-methyl/N-ethyl adjacent to an activating group) is 1. The van der Waals surface area contributed by atoms with Crippen LogP contribution in [0.25, 0.3) is 0 Å². The maximum Gasteiger partial charge on any atom is 0.237 e. The molecule has 3 nitrogen and oxygen atoms in total. The minimum atomic E-state index is -0.0316. The average molecular weight is 206 g/mol. The summed E-state index contributed by atoms with van der Waals surface area (Å²) < 4.78 is 5.51. The number of hydrogen-bond acceptors (Lipinski definition) is 2. The number of alkyl halides is 1. The predicted octanol–water partition coefficient (Wildman–Crippen LogP) is 1.25. The van der Waals surface area contributed by atoms with Crippen LogP contribution in [0, 0.1) is 0 Å². The van der Waals surface area contributed by atoms with Gasteiger partial charge in [-0.25, -0.2) is 0 Å². The monoisotopic (exact) mass is 205 g/mol. The fourth-order valence-corrected chi connectivity index (χ4v) is 1.66. The summed E-state index contributed by atoms with van der Waals surface area (Å²) in [5.41, 5.74) is 0. The molecule has 1 rings (SSSR count). The van der Waals surface area contributed by atoms with Gasteiger partial charge in [-0.3, -0.25) is 4.79 Å². The van der Waals surface area contributed by atoms with Crippen LogP contribution < -0.4 is 0 Å². The van der Waals surface area contributed by atoms with Gasteiger partial charge >= 0.3 is 0 Å². The van der Waals surface area contributed by atoms with Gasteiger partial charge in [0.1, 0.15) is 5.88 Å². The van der Waals surface area contributed by atoms with E-state index in [0.717, 1.165) is 19.4 Å². The van der Waals surface area contributed by atoms with E-state index in [1.807, 2.05) is 0 Å². The Morgan fingerprint density at radius 1 is 1.62 bits per heavy atom. The zero-order chi connectivity index (χ0) is 9.68. The molecule has 1 saturated heterocycles. The Hall–Kier alpha value is -0.280. The lowest BCUT2D eigenvalue weighted by atomic mass is 10.1. The van der Waals surface area contributed by atoms with E-state index in [4.69, 9.17) is 16.3 Å². The number of hydrogen-bond donors (Lipinski definition) is 0. The summed E-state index contributed by atoms with van der Waals surface area (Å²) in [7, 11) is 1.77. The maximum atomic E-state index is 11.1. The molecule has 0 aromatic carbocycles. The quantitative estimate of drug-likeness (QED) is 0.650. The highest BCUT2D eigenvalue weighted by molar-refractivity contribution is 6.27. The third-order valence-corrected chi connectivity index (χ3v) is 2.52. The first-order valence-corrected chi connectivity index (χ1v) is 5.19. The molecule has 0 bridgehead atoms. The molecule has 0 aliphatic carbocycles. The number of carbonyl (C=O) groups excluding carboxylic acids is 1. The van der Waals surface area contributed by atoms with Gasteiger partial charge in [-0.15, -0.1) is 11.6 Å². The van der Waals surface area contributed by atoms with Crippen LogP contribution in [0.4, 0.5) is 0 Å². The lowest BCUT2D eigenvalue weighted by Gasteiger charge is -2.27. The molecular formula is C9H16ClNO2. The standard InChI is InChI=1S/C9H16ClNO2/c1-11(9(12)6-10)7-8-4-2-3-5-13-8/h8H,2-7H2,1H3. The highest BCUT2D eigenvalue weighted by Crippen LogP contribution is 2.13. The number of amides is 1. The van der Waals surface area contributed by atoms with Crippen LogP contribution in [0.5, 0.6) is 0 Å². The topological polar surface area (TPSA) is 29.5 Å². The molecule has 0 radical (unpaired) electrons. The van der Waals surface area contributed by atoms with Gasteiger partial charge in [0.05, 0.1) is 6.10 Å². The van der Waals surface area contributed by atoms with Gasteiger partial charge in [-0.05, 0) is 19.3 Å².